The first-order valence-corrected chi connectivity index (χ1v) is 5.83. The third kappa shape index (κ3) is 3.45. The molecule has 1 saturated heterocycles. The average Bonchev–Trinajstić information content (AvgIpc) is 2.17. The van der Waals surface area contributed by atoms with E-state index in [4.69, 9.17) is 20.0 Å². The van der Waals surface area contributed by atoms with Crippen LogP contribution in [0, 0.1) is 0 Å². The highest BCUT2D eigenvalue weighted by molar-refractivity contribution is 7.46. The Bertz CT molecular complexity index is 277. The molecular weight excluding hydrogens is 247 g/mol. The van der Waals surface area contributed by atoms with E-state index in [1.54, 1.807) is 0 Å². The topological polar surface area (TPSA) is 157 Å². The molecule has 0 amide bonds. The molecule has 0 unspecified atom stereocenters. The van der Waals surface area contributed by atoms with E-state index in [9.17, 15) is 14.8 Å². The van der Waals surface area contributed by atoms with Crippen molar-refractivity contribution in [1.82, 2.24) is 0 Å². The summed E-state index contributed by atoms with van der Waals surface area (Å²) in [6, 6.07) is 0. The van der Waals surface area contributed by atoms with E-state index in [1.165, 1.54) is 0 Å². The summed E-state index contributed by atoms with van der Waals surface area (Å²) in [7, 11) is -4.73. The van der Waals surface area contributed by atoms with Gasteiger partial charge in [0, 0.05) is 0 Å². The summed E-state index contributed by atoms with van der Waals surface area (Å²) in [5, 5.41) is 36.7. The number of ether oxygens (including phenoxy) is 1. The molecule has 1 fully saturated rings. The highest BCUT2D eigenvalue weighted by Crippen LogP contribution is 2.36. The molecule has 0 radical (unpaired) electrons. The first-order valence-electron chi connectivity index (χ1n) is 4.30. The van der Waals surface area contributed by atoms with Crippen LogP contribution >= 0.6 is 7.82 Å². The Kier molecular flexibility index (Phi) is 4.41. The lowest BCUT2D eigenvalue weighted by Crippen LogP contribution is -2.58. The summed E-state index contributed by atoms with van der Waals surface area (Å²) >= 11 is 0. The molecule has 6 N–H and O–H groups in total. The van der Waals surface area contributed by atoms with Crippen LogP contribution < -0.4 is 0 Å². The van der Waals surface area contributed by atoms with Gasteiger partial charge in [-0.3, -0.25) is 4.52 Å². The van der Waals surface area contributed by atoms with Gasteiger partial charge < -0.3 is 34.9 Å². The number of aliphatic hydroxyl groups excluding tert-OH is 4. The first kappa shape index (κ1) is 14.0. The second-order valence-corrected chi connectivity index (χ2v) is 4.56. The number of hydrogen-bond acceptors (Lipinski definition) is 7. The number of phosphoric acid groups is 1. The van der Waals surface area contributed by atoms with E-state index >= 15 is 0 Å². The van der Waals surface area contributed by atoms with E-state index in [0.717, 1.165) is 0 Å². The van der Waals surface area contributed by atoms with E-state index in [1.807, 2.05) is 0 Å². The van der Waals surface area contributed by atoms with Crippen molar-refractivity contribution in [3.63, 3.8) is 0 Å². The van der Waals surface area contributed by atoms with Crippen molar-refractivity contribution < 1.29 is 44.0 Å². The van der Waals surface area contributed by atoms with E-state index in [0.29, 0.717) is 0 Å². The van der Waals surface area contributed by atoms with Crippen molar-refractivity contribution >= 4 is 7.82 Å². The second kappa shape index (κ2) is 5.05. The van der Waals surface area contributed by atoms with Crippen molar-refractivity contribution in [3.8, 4) is 0 Å². The molecule has 10 heteroatoms. The zero-order chi connectivity index (χ0) is 12.5. The van der Waals surface area contributed by atoms with Crippen LogP contribution in [0.4, 0.5) is 0 Å². The summed E-state index contributed by atoms with van der Waals surface area (Å²) in [5.41, 5.74) is 0. The first-order chi connectivity index (χ1) is 7.22. The Morgan fingerprint density at radius 1 is 1.06 bits per heavy atom. The molecule has 1 aliphatic rings. The molecule has 9 nitrogen and oxygen atoms in total. The largest absolute Gasteiger partial charge is 0.469 e. The molecule has 0 saturated carbocycles. The predicted molar refractivity (Wildman–Crippen MR) is 46.9 cm³/mol. The molecule has 0 spiro atoms. The van der Waals surface area contributed by atoms with Crippen LogP contribution in [0.2, 0.25) is 0 Å². The normalized spacial score (nSPS) is 41.0. The molecule has 0 aliphatic carbocycles. The summed E-state index contributed by atoms with van der Waals surface area (Å²) in [6.45, 7) is -0.730. The average molecular weight is 260 g/mol. The fourth-order valence-corrected chi connectivity index (χ4v) is 1.58. The molecule has 96 valence electrons. The molecule has 1 aliphatic heterocycles. The van der Waals surface area contributed by atoms with Crippen LogP contribution in [0.25, 0.3) is 0 Å². The van der Waals surface area contributed by atoms with Crippen molar-refractivity contribution in [3.05, 3.63) is 0 Å². The number of rotatable bonds is 3. The van der Waals surface area contributed by atoms with Gasteiger partial charge in [0.05, 0.1) is 6.61 Å². The lowest BCUT2D eigenvalue weighted by Gasteiger charge is -2.38. The fourth-order valence-electron chi connectivity index (χ4n) is 1.24. The fraction of sp³-hybridized carbons (Fsp3) is 1.00. The predicted octanol–water partition coefficient (Wildman–Crippen LogP) is -3.10. The third-order valence-corrected chi connectivity index (χ3v) is 2.58. The lowest BCUT2D eigenvalue weighted by atomic mass is 10.00. The van der Waals surface area contributed by atoms with E-state index < -0.39 is 45.1 Å². The van der Waals surface area contributed by atoms with E-state index in [2.05, 4.69) is 9.26 Å². The van der Waals surface area contributed by atoms with Crippen LogP contribution in [0.1, 0.15) is 0 Å². The van der Waals surface area contributed by atoms with Crippen molar-refractivity contribution in [2.75, 3.05) is 6.61 Å². The van der Waals surface area contributed by atoms with Gasteiger partial charge in [-0.15, -0.1) is 0 Å². The molecule has 1 rings (SSSR count). The second-order valence-electron chi connectivity index (χ2n) is 3.32. The van der Waals surface area contributed by atoms with Crippen molar-refractivity contribution in [2.45, 2.75) is 30.7 Å². The molecule has 5 atom stereocenters. The highest BCUT2D eigenvalue weighted by Gasteiger charge is 2.43. The monoisotopic (exact) mass is 260 g/mol. The van der Waals surface area contributed by atoms with Gasteiger partial charge in [0.25, 0.3) is 0 Å². The van der Waals surface area contributed by atoms with Gasteiger partial charge in [-0.25, -0.2) is 4.57 Å². The molecule has 0 bridgehead atoms. The maximum atomic E-state index is 10.4. The number of hydrogen-bond donors (Lipinski definition) is 6. The van der Waals surface area contributed by atoms with Gasteiger partial charge in [-0.05, 0) is 0 Å². The van der Waals surface area contributed by atoms with Crippen LogP contribution in [-0.2, 0) is 13.8 Å². The molecule has 16 heavy (non-hydrogen) atoms. The van der Waals surface area contributed by atoms with Crippen molar-refractivity contribution in [1.29, 1.82) is 0 Å². The Labute approximate surface area is 90.1 Å². The van der Waals surface area contributed by atoms with Crippen LogP contribution in [0.15, 0.2) is 0 Å². The van der Waals surface area contributed by atoms with Crippen molar-refractivity contribution in [2.24, 2.45) is 0 Å². The number of aliphatic hydroxyl groups is 4. The van der Waals surface area contributed by atoms with Crippen LogP contribution in [0.3, 0.4) is 0 Å². The third-order valence-electron chi connectivity index (χ3n) is 2.09. The Morgan fingerprint density at radius 2 is 1.62 bits per heavy atom. The molecular formula is C6H13O9P. The van der Waals surface area contributed by atoms with Gasteiger partial charge in [0.15, 0.2) is 6.29 Å². The quantitative estimate of drug-likeness (QED) is 0.289. The zero-order valence-corrected chi connectivity index (χ0v) is 8.84. The Balaban J connectivity index is 2.57. The molecule has 0 aromatic heterocycles. The van der Waals surface area contributed by atoms with Gasteiger partial charge in [0.2, 0.25) is 0 Å². The highest BCUT2D eigenvalue weighted by atomic mass is 31.2. The molecule has 0 aromatic rings. The summed E-state index contributed by atoms with van der Waals surface area (Å²) in [6.07, 6.45) is -8.11. The van der Waals surface area contributed by atoms with Gasteiger partial charge >= 0.3 is 7.82 Å². The summed E-state index contributed by atoms with van der Waals surface area (Å²) < 4.78 is 19.0. The van der Waals surface area contributed by atoms with Crippen LogP contribution in [-0.4, -0.2) is 67.5 Å². The molecule has 0 aromatic carbocycles. The van der Waals surface area contributed by atoms with Gasteiger partial charge in [-0.2, -0.15) is 0 Å². The Hall–Kier alpha value is -0.0900. The SMILES string of the molecule is O=P(O)(O)OC[C@@H]1O[C@H](O)[C@@H](O)[C@H](O)[C@H]1O. The minimum atomic E-state index is -4.73. The van der Waals surface area contributed by atoms with Gasteiger partial charge in [0.1, 0.15) is 24.4 Å². The smallest absolute Gasteiger partial charge is 0.387 e. The summed E-state index contributed by atoms with van der Waals surface area (Å²) in [5.74, 6) is 0. The number of phosphoric ester groups is 1. The Morgan fingerprint density at radius 3 is 2.12 bits per heavy atom. The lowest BCUT2D eigenvalue weighted by molar-refractivity contribution is -0.285. The summed E-state index contributed by atoms with van der Waals surface area (Å²) in [4.78, 5) is 16.8. The minimum absolute atomic E-state index is 0.730. The van der Waals surface area contributed by atoms with Gasteiger partial charge in [-0.1, -0.05) is 0 Å². The maximum absolute atomic E-state index is 10.4. The molecule has 1 heterocycles. The minimum Gasteiger partial charge on any atom is -0.387 e. The van der Waals surface area contributed by atoms with E-state index in [-0.39, 0.29) is 0 Å². The zero-order valence-electron chi connectivity index (χ0n) is 7.95. The van der Waals surface area contributed by atoms with Crippen LogP contribution in [0.5, 0.6) is 0 Å². The maximum Gasteiger partial charge on any atom is 0.469 e. The standard InChI is InChI=1S/C6H13O9P/c7-3-2(1-14-16(11,12)13)15-6(10)5(9)4(3)8/h2-10H,1H2,(H2,11,12,13)/t2-,3-,4+,5-,6-/m0/s1.